The topological polar surface area (TPSA) is 9.23 Å². The number of hydrogen-bond acceptors (Lipinski definition) is 1. The van der Waals surface area contributed by atoms with Gasteiger partial charge >= 0.3 is 0 Å². The van der Waals surface area contributed by atoms with Gasteiger partial charge in [0.2, 0.25) is 0 Å². The van der Waals surface area contributed by atoms with Crippen LogP contribution in [0.2, 0.25) is 0 Å². The van der Waals surface area contributed by atoms with E-state index >= 15 is 0 Å². The van der Waals surface area contributed by atoms with E-state index in [0.717, 1.165) is 5.75 Å². The molecule has 1 heteroatoms. The van der Waals surface area contributed by atoms with Crippen molar-refractivity contribution in [2.24, 2.45) is 0 Å². The lowest BCUT2D eigenvalue weighted by Crippen LogP contribution is -2.39. The molecule has 1 heterocycles. The first-order valence-electron chi connectivity index (χ1n) is 12.1. The van der Waals surface area contributed by atoms with E-state index in [2.05, 4.69) is 99.6 Å². The molecule has 0 saturated heterocycles. The van der Waals surface area contributed by atoms with Gasteiger partial charge in [-0.3, -0.25) is 0 Å². The van der Waals surface area contributed by atoms with Crippen LogP contribution in [0.5, 0.6) is 5.75 Å². The van der Waals surface area contributed by atoms with Gasteiger partial charge in [-0.15, -0.1) is 0 Å². The lowest BCUT2D eigenvalue weighted by atomic mass is 9.69. The Morgan fingerprint density at radius 2 is 1.45 bits per heavy atom. The minimum atomic E-state index is -0.575. The second-order valence-electron chi connectivity index (χ2n) is 10.3. The van der Waals surface area contributed by atoms with Gasteiger partial charge in [0, 0.05) is 28.2 Å². The summed E-state index contributed by atoms with van der Waals surface area (Å²) in [5.74, 6) is 1.80. The monoisotopic (exact) mass is 424 g/mol. The van der Waals surface area contributed by atoms with Crippen LogP contribution in [-0.4, -0.2) is 0 Å². The zero-order chi connectivity index (χ0) is 22.1. The van der Waals surface area contributed by atoms with E-state index in [1.807, 2.05) is 0 Å². The van der Waals surface area contributed by atoms with Crippen LogP contribution in [0.25, 0.3) is 33.4 Å². The highest BCUT2D eigenvalue weighted by molar-refractivity contribution is 6.15. The van der Waals surface area contributed by atoms with E-state index in [9.17, 15) is 0 Å². The van der Waals surface area contributed by atoms with Gasteiger partial charge in [-0.25, -0.2) is 0 Å². The molecule has 158 valence electrons. The largest absolute Gasteiger partial charge is 0.472 e. The van der Waals surface area contributed by atoms with Crippen molar-refractivity contribution in [3.63, 3.8) is 0 Å². The number of para-hydroxylation sites is 1. The molecular formula is C32H24O. The average molecular weight is 425 g/mol. The van der Waals surface area contributed by atoms with Gasteiger partial charge in [0.15, 0.2) is 5.60 Å². The smallest absolute Gasteiger partial charge is 0.187 e. The molecule has 2 unspecified atom stereocenters. The van der Waals surface area contributed by atoms with E-state index in [4.69, 9.17) is 4.74 Å². The molecule has 8 rings (SSSR count). The Bertz CT molecular complexity index is 1580. The average Bonchev–Trinajstić information content (AvgIpc) is 3.30. The van der Waals surface area contributed by atoms with Crippen LogP contribution in [0.15, 0.2) is 78.9 Å². The first kappa shape index (κ1) is 17.9. The van der Waals surface area contributed by atoms with Crippen molar-refractivity contribution in [2.45, 2.75) is 38.2 Å². The lowest BCUT2D eigenvalue weighted by Gasteiger charge is -2.43. The van der Waals surface area contributed by atoms with Gasteiger partial charge < -0.3 is 4.74 Å². The zero-order valence-electron chi connectivity index (χ0n) is 19.1. The third-order valence-electron chi connectivity index (χ3n) is 8.37. The van der Waals surface area contributed by atoms with Crippen molar-refractivity contribution in [3.8, 4) is 28.0 Å². The molecule has 2 atom stereocenters. The highest BCUT2D eigenvalue weighted by Crippen LogP contribution is 2.70. The number of rotatable bonds is 1. The maximum atomic E-state index is 7.23. The molecule has 0 saturated carbocycles. The van der Waals surface area contributed by atoms with E-state index < -0.39 is 5.60 Å². The van der Waals surface area contributed by atoms with Gasteiger partial charge in [0.1, 0.15) is 5.75 Å². The minimum absolute atomic E-state index is 0.340. The summed E-state index contributed by atoms with van der Waals surface area (Å²) in [6.07, 6.45) is 0. The molecule has 4 aromatic rings. The molecule has 0 N–H and O–H groups in total. The predicted octanol–water partition coefficient (Wildman–Crippen LogP) is 8.13. The summed E-state index contributed by atoms with van der Waals surface area (Å²) in [4.78, 5) is 0. The summed E-state index contributed by atoms with van der Waals surface area (Å²) in [7, 11) is 0. The number of benzene rings is 4. The van der Waals surface area contributed by atoms with Crippen molar-refractivity contribution in [2.75, 3.05) is 0 Å². The molecular weight excluding hydrogens is 400 g/mol. The summed E-state index contributed by atoms with van der Waals surface area (Å²) in [6, 6.07) is 29.3. The zero-order valence-corrected chi connectivity index (χ0v) is 19.1. The van der Waals surface area contributed by atoms with Gasteiger partial charge in [-0.2, -0.15) is 0 Å². The minimum Gasteiger partial charge on any atom is -0.472 e. The van der Waals surface area contributed by atoms with Crippen LogP contribution < -0.4 is 4.74 Å². The molecule has 0 bridgehead atoms. The molecule has 4 aliphatic rings. The Morgan fingerprint density at radius 1 is 0.758 bits per heavy atom. The van der Waals surface area contributed by atoms with E-state index in [0.29, 0.717) is 11.8 Å². The van der Waals surface area contributed by atoms with E-state index in [1.54, 1.807) is 0 Å². The summed E-state index contributed by atoms with van der Waals surface area (Å²) in [5.41, 5.74) is 15.7. The molecule has 0 radical (unpaired) electrons. The Kier molecular flexibility index (Phi) is 3.07. The molecule has 0 fully saturated rings. The first-order chi connectivity index (χ1) is 16.1. The molecule has 1 aliphatic heterocycles. The van der Waals surface area contributed by atoms with Crippen LogP contribution in [0.1, 0.15) is 66.0 Å². The van der Waals surface area contributed by atoms with Crippen LogP contribution in [-0.2, 0) is 5.60 Å². The lowest BCUT2D eigenvalue weighted by molar-refractivity contribution is 0.176. The Morgan fingerprint density at radius 3 is 2.27 bits per heavy atom. The molecule has 1 spiro atoms. The van der Waals surface area contributed by atoms with Crippen LogP contribution in [0.4, 0.5) is 0 Å². The van der Waals surface area contributed by atoms with Gasteiger partial charge in [0.25, 0.3) is 0 Å². The molecule has 1 nitrogen and oxygen atoms in total. The van der Waals surface area contributed by atoms with Crippen LogP contribution in [0, 0.1) is 0 Å². The Balaban J connectivity index is 1.64. The normalized spacial score (nSPS) is 22.0. The van der Waals surface area contributed by atoms with Crippen LogP contribution >= 0.6 is 0 Å². The van der Waals surface area contributed by atoms with Crippen molar-refractivity contribution in [1.29, 1.82) is 0 Å². The number of ether oxygens (including phenoxy) is 1. The third kappa shape index (κ3) is 1.85. The maximum absolute atomic E-state index is 7.23. The fraction of sp³-hybridized carbons (Fsp3) is 0.188. The third-order valence-corrected chi connectivity index (χ3v) is 8.37. The summed E-state index contributed by atoms with van der Waals surface area (Å²) < 4.78 is 7.23. The summed E-state index contributed by atoms with van der Waals surface area (Å²) >= 11 is 0. The summed E-state index contributed by atoms with van der Waals surface area (Å²) in [5, 5.41) is 0. The fourth-order valence-electron chi connectivity index (χ4n) is 7.00. The standard InChI is InChI=1S/C32H24O/c1-17(2)19-15-24-21-9-4-6-13-26(21)32-30(24)25(16-19)22-12-8-11-20-18(3)28(31(32)29(20)22)23-10-5-7-14-27(23)33-32/h4-18H,1-3H3. The number of fused-ring (bicyclic) bond motifs is 5. The molecule has 0 aromatic heterocycles. The van der Waals surface area contributed by atoms with Crippen molar-refractivity contribution < 1.29 is 4.74 Å². The Hall–Kier alpha value is -3.58. The highest BCUT2D eigenvalue weighted by Gasteiger charge is 2.59. The maximum Gasteiger partial charge on any atom is 0.187 e. The summed E-state index contributed by atoms with van der Waals surface area (Å²) in [6.45, 7) is 6.96. The molecule has 33 heavy (non-hydrogen) atoms. The second kappa shape index (κ2) is 5.66. The Labute approximate surface area is 194 Å². The van der Waals surface area contributed by atoms with Gasteiger partial charge in [-0.1, -0.05) is 93.6 Å². The van der Waals surface area contributed by atoms with Crippen molar-refractivity contribution in [3.05, 3.63) is 112 Å². The molecule has 4 aromatic carbocycles. The molecule has 0 amide bonds. The van der Waals surface area contributed by atoms with E-state index in [1.165, 1.54) is 66.8 Å². The quantitative estimate of drug-likeness (QED) is 0.300. The van der Waals surface area contributed by atoms with Crippen LogP contribution in [0.3, 0.4) is 0 Å². The first-order valence-corrected chi connectivity index (χ1v) is 12.1. The highest BCUT2D eigenvalue weighted by atomic mass is 16.5. The van der Waals surface area contributed by atoms with Crippen molar-refractivity contribution >= 4 is 11.1 Å². The van der Waals surface area contributed by atoms with Gasteiger partial charge in [-0.05, 0) is 56.5 Å². The van der Waals surface area contributed by atoms with E-state index in [-0.39, 0.29) is 0 Å². The predicted molar refractivity (Wildman–Crippen MR) is 134 cm³/mol. The number of allylic oxidation sites excluding steroid dienone is 1. The number of hydrogen-bond donors (Lipinski definition) is 0. The SMILES string of the molecule is CC(C)c1cc2c3c(c1)-c1cccc4c1C1=C(c5ccccc5OC13c1ccccc1-2)C4C. The van der Waals surface area contributed by atoms with Gasteiger partial charge in [0.05, 0.1) is 0 Å². The molecule has 3 aliphatic carbocycles. The second-order valence-corrected chi connectivity index (χ2v) is 10.3. The fourth-order valence-corrected chi connectivity index (χ4v) is 7.00. The van der Waals surface area contributed by atoms with Crippen molar-refractivity contribution in [1.82, 2.24) is 0 Å².